The molecule has 0 spiro atoms. The zero-order chi connectivity index (χ0) is 14.3. The molecular formula is C13H17ClF3NO. The lowest BCUT2D eigenvalue weighted by molar-refractivity contribution is -0.274. The van der Waals surface area contributed by atoms with E-state index in [1.54, 1.807) is 12.1 Å². The summed E-state index contributed by atoms with van der Waals surface area (Å²) >= 11 is 6.04. The Morgan fingerprint density at radius 1 is 1.26 bits per heavy atom. The van der Waals surface area contributed by atoms with Gasteiger partial charge in [-0.05, 0) is 24.1 Å². The van der Waals surface area contributed by atoms with Gasteiger partial charge in [0.2, 0.25) is 0 Å². The molecule has 0 amide bonds. The Bertz CT molecular complexity index is 367. The molecule has 0 saturated heterocycles. The Kier molecular flexibility index (Phi) is 6.45. The lowest BCUT2D eigenvalue weighted by atomic mass is 10.2. The van der Waals surface area contributed by atoms with Crippen molar-refractivity contribution in [2.45, 2.75) is 38.0 Å². The van der Waals surface area contributed by atoms with Gasteiger partial charge in [-0.1, -0.05) is 25.5 Å². The maximum Gasteiger partial charge on any atom is 0.573 e. The smallest absolute Gasteiger partial charge is 0.406 e. The maximum atomic E-state index is 12.0. The molecular weight excluding hydrogens is 279 g/mol. The van der Waals surface area contributed by atoms with Gasteiger partial charge < -0.3 is 10.1 Å². The summed E-state index contributed by atoms with van der Waals surface area (Å²) in [6, 6.07) is 5.79. The summed E-state index contributed by atoms with van der Waals surface area (Å²) in [5.74, 6) is -0.211. The largest absolute Gasteiger partial charge is 0.573 e. The molecule has 1 N–H and O–H groups in total. The van der Waals surface area contributed by atoms with Crippen molar-refractivity contribution in [3.05, 3.63) is 29.8 Å². The van der Waals surface area contributed by atoms with Crippen LogP contribution in [0, 0.1) is 0 Å². The molecule has 1 unspecified atom stereocenters. The molecule has 0 fully saturated rings. The predicted molar refractivity (Wildman–Crippen MR) is 69.4 cm³/mol. The Hall–Kier alpha value is -0.940. The monoisotopic (exact) mass is 295 g/mol. The average Bonchev–Trinajstić information content (AvgIpc) is 2.30. The Morgan fingerprint density at radius 2 is 1.89 bits per heavy atom. The van der Waals surface area contributed by atoms with E-state index in [9.17, 15) is 13.2 Å². The van der Waals surface area contributed by atoms with Crippen molar-refractivity contribution in [2.24, 2.45) is 0 Å². The summed E-state index contributed by atoms with van der Waals surface area (Å²) in [5, 5.41) is 3.24. The highest BCUT2D eigenvalue weighted by Crippen LogP contribution is 2.22. The fourth-order valence-corrected chi connectivity index (χ4v) is 1.92. The SMILES string of the molecule is CCCC(Cl)CNCc1ccc(OC(F)(F)F)cc1. The van der Waals surface area contributed by atoms with Gasteiger partial charge in [-0.15, -0.1) is 24.8 Å². The summed E-state index contributed by atoms with van der Waals surface area (Å²) in [5.41, 5.74) is 0.884. The fourth-order valence-electron chi connectivity index (χ4n) is 1.60. The minimum atomic E-state index is -4.65. The summed E-state index contributed by atoms with van der Waals surface area (Å²) in [6.07, 6.45) is -2.68. The van der Waals surface area contributed by atoms with Crippen LogP contribution in [0.15, 0.2) is 24.3 Å². The first-order chi connectivity index (χ1) is 8.90. The summed E-state index contributed by atoms with van der Waals surface area (Å²) < 4.78 is 39.7. The quantitative estimate of drug-likeness (QED) is 0.765. The number of benzene rings is 1. The predicted octanol–water partition coefficient (Wildman–Crippen LogP) is 4.08. The van der Waals surface area contributed by atoms with E-state index in [1.165, 1.54) is 12.1 Å². The van der Waals surface area contributed by atoms with Crippen molar-refractivity contribution in [2.75, 3.05) is 6.54 Å². The normalized spacial score (nSPS) is 13.3. The number of rotatable bonds is 7. The van der Waals surface area contributed by atoms with Crippen molar-refractivity contribution in [1.29, 1.82) is 0 Å². The highest BCUT2D eigenvalue weighted by atomic mass is 35.5. The van der Waals surface area contributed by atoms with Crippen LogP contribution in [0.25, 0.3) is 0 Å². The minimum absolute atomic E-state index is 0.0813. The average molecular weight is 296 g/mol. The Morgan fingerprint density at radius 3 is 2.42 bits per heavy atom. The zero-order valence-electron chi connectivity index (χ0n) is 10.6. The van der Waals surface area contributed by atoms with Crippen LogP contribution in [-0.2, 0) is 6.54 Å². The fraction of sp³-hybridized carbons (Fsp3) is 0.538. The third kappa shape index (κ3) is 7.28. The molecule has 0 aliphatic rings. The number of alkyl halides is 4. The van der Waals surface area contributed by atoms with Crippen molar-refractivity contribution >= 4 is 11.6 Å². The van der Waals surface area contributed by atoms with Crippen molar-refractivity contribution in [3.63, 3.8) is 0 Å². The molecule has 6 heteroatoms. The molecule has 1 rings (SSSR count). The molecule has 108 valence electrons. The van der Waals surface area contributed by atoms with Gasteiger partial charge in [0.15, 0.2) is 0 Å². The second-order valence-electron chi connectivity index (χ2n) is 4.21. The topological polar surface area (TPSA) is 21.3 Å². The van der Waals surface area contributed by atoms with Gasteiger partial charge in [-0.3, -0.25) is 0 Å². The van der Waals surface area contributed by atoms with E-state index in [1.807, 2.05) is 0 Å². The van der Waals surface area contributed by atoms with E-state index in [2.05, 4.69) is 17.0 Å². The van der Waals surface area contributed by atoms with E-state index < -0.39 is 6.36 Å². The highest BCUT2D eigenvalue weighted by molar-refractivity contribution is 6.20. The van der Waals surface area contributed by atoms with Crippen molar-refractivity contribution in [3.8, 4) is 5.75 Å². The standard InChI is InChI=1S/C13H17ClF3NO/c1-2-3-11(14)9-18-8-10-4-6-12(7-5-10)19-13(15,16)17/h4-7,11,18H,2-3,8-9H2,1H3. The molecule has 1 aromatic carbocycles. The van der Waals surface area contributed by atoms with Crippen LogP contribution in [-0.4, -0.2) is 18.3 Å². The molecule has 0 saturated carbocycles. The van der Waals surface area contributed by atoms with E-state index in [0.717, 1.165) is 18.4 Å². The van der Waals surface area contributed by atoms with Gasteiger partial charge in [-0.25, -0.2) is 0 Å². The van der Waals surface area contributed by atoms with Gasteiger partial charge >= 0.3 is 6.36 Å². The first kappa shape index (κ1) is 16.1. The molecule has 0 aliphatic heterocycles. The third-order valence-corrected chi connectivity index (χ3v) is 2.83. The second kappa shape index (κ2) is 7.60. The van der Waals surface area contributed by atoms with Gasteiger partial charge in [0.05, 0.1) is 0 Å². The van der Waals surface area contributed by atoms with Crippen LogP contribution in [0.3, 0.4) is 0 Å². The first-order valence-electron chi connectivity index (χ1n) is 6.10. The van der Waals surface area contributed by atoms with Crippen LogP contribution in [0.4, 0.5) is 13.2 Å². The number of ether oxygens (including phenoxy) is 1. The molecule has 0 heterocycles. The summed E-state index contributed by atoms with van der Waals surface area (Å²) in [6.45, 7) is 3.31. The first-order valence-corrected chi connectivity index (χ1v) is 6.54. The lowest BCUT2D eigenvalue weighted by Gasteiger charge is -2.11. The van der Waals surface area contributed by atoms with Gasteiger partial charge in [0, 0.05) is 18.5 Å². The molecule has 0 radical (unpaired) electrons. The zero-order valence-corrected chi connectivity index (χ0v) is 11.4. The molecule has 19 heavy (non-hydrogen) atoms. The number of hydrogen-bond donors (Lipinski definition) is 1. The van der Waals surface area contributed by atoms with Crippen LogP contribution >= 0.6 is 11.6 Å². The van der Waals surface area contributed by atoms with Gasteiger partial charge in [-0.2, -0.15) is 0 Å². The van der Waals surface area contributed by atoms with Crippen LogP contribution < -0.4 is 10.1 Å². The number of hydrogen-bond acceptors (Lipinski definition) is 2. The lowest BCUT2D eigenvalue weighted by Crippen LogP contribution is -2.22. The minimum Gasteiger partial charge on any atom is -0.406 e. The van der Waals surface area contributed by atoms with Gasteiger partial charge in [0.25, 0.3) is 0 Å². The number of nitrogens with one attached hydrogen (secondary N) is 1. The highest BCUT2D eigenvalue weighted by Gasteiger charge is 2.30. The Labute approximate surface area is 115 Å². The molecule has 0 aromatic heterocycles. The molecule has 1 atom stereocenters. The van der Waals surface area contributed by atoms with Crippen molar-refractivity contribution < 1.29 is 17.9 Å². The van der Waals surface area contributed by atoms with E-state index in [-0.39, 0.29) is 11.1 Å². The summed E-state index contributed by atoms with van der Waals surface area (Å²) in [7, 11) is 0. The van der Waals surface area contributed by atoms with Crippen LogP contribution in [0.2, 0.25) is 0 Å². The second-order valence-corrected chi connectivity index (χ2v) is 4.83. The van der Waals surface area contributed by atoms with Crippen LogP contribution in [0.1, 0.15) is 25.3 Å². The van der Waals surface area contributed by atoms with Crippen molar-refractivity contribution in [1.82, 2.24) is 5.32 Å². The molecule has 1 aromatic rings. The Balaban J connectivity index is 2.36. The van der Waals surface area contributed by atoms with E-state index in [0.29, 0.717) is 13.1 Å². The van der Waals surface area contributed by atoms with E-state index in [4.69, 9.17) is 11.6 Å². The molecule has 0 bridgehead atoms. The maximum absolute atomic E-state index is 12.0. The molecule has 0 aliphatic carbocycles. The summed E-state index contributed by atoms with van der Waals surface area (Å²) in [4.78, 5) is 0. The number of halogens is 4. The third-order valence-electron chi connectivity index (χ3n) is 2.45. The molecule has 2 nitrogen and oxygen atoms in total. The van der Waals surface area contributed by atoms with Gasteiger partial charge in [0.1, 0.15) is 5.75 Å². The van der Waals surface area contributed by atoms with E-state index >= 15 is 0 Å². The van der Waals surface area contributed by atoms with Crippen LogP contribution in [0.5, 0.6) is 5.75 Å².